The van der Waals surface area contributed by atoms with Crippen LogP contribution in [0.15, 0.2) is 76.7 Å². The SMILES string of the molecule is CC1=C(C)C[C@@](Cc2ccccc2)(S(=O)(=O)c2ccccc2)CC1. The lowest BCUT2D eigenvalue weighted by molar-refractivity contribution is 0.450. The van der Waals surface area contributed by atoms with Gasteiger partial charge in [0.15, 0.2) is 9.84 Å². The Balaban J connectivity index is 2.10. The van der Waals surface area contributed by atoms with E-state index < -0.39 is 14.6 Å². The molecule has 0 aliphatic heterocycles. The van der Waals surface area contributed by atoms with Gasteiger partial charge in [0.25, 0.3) is 0 Å². The second-order valence-electron chi connectivity index (χ2n) is 6.90. The zero-order valence-corrected chi connectivity index (χ0v) is 15.1. The first-order chi connectivity index (χ1) is 11.4. The highest BCUT2D eigenvalue weighted by molar-refractivity contribution is 7.92. The van der Waals surface area contributed by atoms with Crippen LogP contribution in [0, 0.1) is 0 Å². The minimum atomic E-state index is -3.41. The Hall–Kier alpha value is -1.87. The number of benzene rings is 2. The third kappa shape index (κ3) is 3.05. The summed E-state index contributed by atoms with van der Waals surface area (Å²) in [6, 6.07) is 18.9. The van der Waals surface area contributed by atoms with Crippen LogP contribution in [-0.4, -0.2) is 13.2 Å². The highest BCUT2D eigenvalue weighted by Gasteiger charge is 2.46. The van der Waals surface area contributed by atoms with Gasteiger partial charge in [0.1, 0.15) is 0 Å². The van der Waals surface area contributed by atoms with E-state index >= 15 is 0 Å². The maximum atomic E-state index is 13.5. The van der Waals surface area contributed by atoms with Gasteiger partial charge in [-0.15, -0.1) is 0 Å². The van der Waals surface area contributed by atoms with Crippen LogP contribution in [-0.2, 0) is 16.3 Å². The van der Waals surface area contributed by atoms with Gasteiger partial charge in [0, 0.05) is 0 Å². The molecule has 0 unspecified atom stereocenters. The minimum absolute atomic E-state index is 0.438. The number of rotatable bonds is 4. The van der Waals surface area contributed by atoms with Gasteiger partial charge in [-0.2, -0.15) is 0 Å². The molecule has 1 atom stereocenters. The van der Waals surface area contributed by atoms with Gasteiger partial charge >= 0.3 is 0 Å². The Bertz CT molecular complexity index is 836. The monoisotopic (exact) mass is 340 g/mol. The van der Waals surface area contributed by atoms with Gasteiger partial charge in [0.2, 0.25) is 0 Å². The molecule has 2 nitrogen and oxygen atoms in total. The summed E-state index contributed by atoms with van der Waals surface area (Å²) in [6.07, 6.45) is 2.72. The first-order valence-electron chi connectivity index (χ1n) is 8.43. The van der Waals surface area contributed by atoms with E-state index in [1.807, 2.05) is 36.4 Å². The highest BCUT2D eigenvalue weighted by atomic mass is 32.2. The van der Waals surface area contributed by atoms with Crippen LogP contribution in [0.2, 0.25) is 0 Å². The van der Waals surface area contributed by atoms with Crippen molar-refractivity contribution in [2.45, 2.75) is 49.2 Å². The van der Waals surface area contributed by atoms with Gasteiger partial charge in [-0.05, 0) is 57.2 Å². The Morgan fingerprint density at radius 2 is 1.46 bits per heavy atom. The fourth-order valence-corrected chi connectivity index (χ4v) is 5.79. The van der Waals surface area contributed by atoms with E-state index in [0.29, 0.717) is 24.2 Å². The molecule has 0 fully saturated rings. The van der Waals surface area contributed by atoms with Crippen LogP contribution >= 0.6 is 0 Å². The van der Waals surface area contributed by atoms with Crippen molar-refractivity contribution >= 4 is 9.84 Å². The zero-order valence-electron chi connectivity index (χ0n) is 14.3. The van der Waals surface area contributed by atoms with Gasteiger partial charge < -0.3 is 0 Å². The molecule has 0 heterocycles. The molecule has 126 valence electrons. The van der Waals surface area contributed by atoms with E-state index in [0.717, 1.165) is 12.0 Å². The molecular weight excluding hydrogens is 316 g/mol. The standard InChI is InChI=1S/C21H24O2S/c1-17-13-14-21(15-18(17)2,16-19-9-5-3-6-10-19)24(22,23)20-11-7-4-8-12-20/h3-12H,13-16H2,1-2H3/t21-/m0/s1. The van der Waals surface area contributed by atoms with Crippen molar-refractivity contribution in [1.29, 1.82) is 0 Å². The van der Waals surface area contributed by atoms with E-state index in [1.54, 1.807) is 24.3 Å². The van der Waals surface area contributed by atoms with Gasteiger partial charge in [0.05, 0.1) is 9.64 Å². The molecule has 3 heteroatoms. The number of allylic oxidation sites excluding steroid dienone is 2. The van der Waals surface area contributed by atoms with E-state index in [1.165, 1.54) is 11.1 Å². The normalized spacial score (nSPS) is 21.8. The second-order valence-corrected chi connectivity index (χ2v) is 9.24. The van der Waals surface area contributed by atoms with E-state index in [-0.39, 0.29) is 0 Å². The number of sulfone groups is 1. The van der Waals surface area contributed by atoms with Crippen LogP contribution in [0.1, 0.15) is 38.7 Å². The third-order valence-corrected chi connectivity index (χ3v) is 7.79. The molecule has 0 amide bonds. The Labute approximate surface area is 145 Å². The van der Waals surface area contributed by atoms with Gasteiger partial charge in [-0.25, -0.2) is 8.42 Å². The Kier molecular flexibility index (Phi) is 4.64. The molecule has 24 heavy (non-hydrogen) atoms. The van der Waals surface area contributed by atoms with Gasteiger partial charge in [-0.3, -0.25) is 0 Å². The zero-order chi connectivity index (χ0) is 17.2. The molecule has 1 aliphatic carbocycles. The molecule has 0 radical (unpaired) electrons. The van der Waals surface area contributed by atoms with Crippen LogP contribution < -0.4 is 0 Å². The van der Waals surface area contributed by atoms with E-state index in [4.69, 9.17) is 0 Å². The predicted molar refractivity (Wildman–Crippen MR) is 98.7 cm³/mol. The summed E-state index contributed by atoms with van der Waals surface area (Å²) in [5.41, 5.74) is 3.64. The fourth-order valence-electron chi connectivity index (χ4n) is 3.64. The maximum absolute atomic E-state index is 13.5. The van der Waals surface area contributed by atoms with E-state index in [9.17, 15) is 8.42 Å². The molecule has 0 spiro atoms. The van der Waals surface area contributed by atoms with Crippen molar-refractivity contribution in [3.63, 3.8) is 0 Å². The summed E-state index contributed by atoms with van der Waals surface area (Å²) in [6.45, 7) is 4.20. The van der Waals surface area contributed by atoms with Crippen molar-refractivity contribution in [1.82, 2.24) is 0 Å². The van der Waals surface area contributed by atoms with Crippen LogP contribution in [0.4, 0.5) is 0 Å². The van der Waals surface area contributed by atoms with Crippen molar-refractivity contribution < 1.29 is 8.42 Å². The molecule has 1 aliphatic rings. The number of hydrogen-bond acceptors (Lipinski definition) is 2. The highest BCUT2D eigenvalue weighted by Crippen LogP contribution is 2.43. The number of hydrogen-bond donors (Lipinski definition) is 0. The lowest BCUT2D eigenvalue weighted by Crippen LogP contribution is -2.43. The summed E-state index contributed by atoms with van der Waals surface area (Å²) in [7, 11) is -3.41. The summed E-state index contributed by atoms with van der Waals surface area (Å²) in [4.78, 5) is 0.438. The van der Waals surface area contributed by atoms with Crippen molar-refractivity contribution in [2.24, 2.45) is 0 Å². The fraction of sp³-hybridized carbons (Fsp3) is 0.333. The smallest absolute Gasteiger partial charge is 0.184 e. The topological polar surface area (TPSA) is 34.1 Å². The first-order valence-corrected chi connectivity index (χ1v) is 9.92. The lowest BCUT2D eigenvalue weighted by atomic mass is 9.81. The van der Waals surface area contributed by atoms with Crippen LogP contribution in [0.25, 0.3) is 0 Å². The van der Waals surface area contributed by atoms with Crippen molar-refractivity contribution in [3.8, 4) is 0 Å². The summed E-state index contributed by atoms with van der Waals surface area (Å²) < 4.78 is 26.3. The predicted octanol–water partition coefficient (Wildman–Crippen LogP) is 4.96. The largest absolute Gasteiger partial charge is 0.223 e. The minimum Gasteiger partial charge on any atom is -0.223 e. The van der Waals surface area contributed by atoms with Crippen LogP contribution in [0.5, 0.6) is 0 Å². The average Bonchev–Trinajstić information content (AvgIpc) is 2.60. The Morgan fingerprint density at radius 1 is 0.875 bits per heavy atom. The first kappa shape index (κ1) is 17.0. The molecule has 0 N–H and O–H groups in total. The lowest BCUT2D eigenvalue weighted by Gasteiger charge is -2.38. The maximum Gasteiger partial charge on any atom is 0.184 e. The molecule has 0 aromatic heterocycles. The van der Waals surface area contributed by atoms with Crippen LogP contribution in [0.3, 0.4) is 0 Å². The quantitative estimate of drug-likeness (QED) is 0.737. The average molecular weight is 340 g/mol. The van der Waals surface area contributed by atoms with Crippen molar-refractivity contribution in [3.05, 3.63) is 77.4 Å². The summed E-state index contributed by atoms with van der Waals surface area (Å²) in [5, 5.41) is 0. The molecule has 0 saturated carbocycles. The van der Waals surface area contributed by atoms with Crippen molar-refractivity contribution in [2.75, 3.05) is 0 Å². The molecule has 2 aromatic rings. The summed E-state index contributed by atoms with van der Waals surface area (Å²) >= 11 is 0. The molecule has 0 bridgehead atoms. The second kappa shape index (κ2) is 6.56. The van der Waals surface area contributed by atoms with E-state index in [2.05, 4.69) is 13.8 Å². The Morgan fingerprint density at radius 3 is 2.04 bits per heavy atom. The third-order valence-electron chi connectivity index (χ3n) is 5.26. The molecule has 0 saturated heterocycles. The summed E-state index contributed by atoms with van der Waals surface area (Å²) in [5.74, 6) is 0. The molecule has 3 rings (SSSR count). The molecule has 2 aromatic carbocycles. The molecular formula is C21H24O2S. The van der Waals surface area contributed by atoms with Gasteiger partial charge in [-0.1, -0.05) is 59.7 Å².